The van der Waals surface area contributed by atoms with E-state index in [0.717, 1.165) is 77.6 Å². The molecule has 0 unspecified atom stereocenters. The van der Waals surface area contributed by atoms with Crippen LogP contribution in [-0.2, 0) is 0 Å². The highest BCUT2D eigenvalue weighted by Crippen LogP contribution is 2.51. The van der Waals surface area contributed by atoms with Crippen molar-refractivity contribution in [1.82, 2.24) is 0 Å². The number of hydrogen-bond donors (Lipinski definition) is 0. The fourth-order valence-corrected chi connectivity index (χ4v) is 8.69. The lowest BCUT2D eigenvalue weighted by atomic mass is 9.79. The molecule has 0 fully saturated rings. The summed E-state index contributed by atoms with van der Waals surface area (Å²) in [5.74, 6) is 0. The fourth-order valence-electron chi connectivity index (χ4n) is 8.69. The van der Waals surface area contributed by atoms with E-state index in [-0.39, 0.29) is 10.9 Å². The monoisotopic (exact) mass is 706 g/mol. The zero-order chi connectivity index (χ0) is 36.4. The van der Waals surface area contributed by atoms with Crippen LogP contribution < -0.4 is 10.9 Å². The highest BCUT2D eigenvalue weighted by molar-refractivity contribution is 6.12. The molecule has 0 atom stereocenters. The van der Waals surface area contributed by atoms with E-state index in [9.17, 15) is 9.59 Å². The predicted molar refractivity (Wildman–Crippen MR) is 222 cm³/mol. The highest BCUT2D eigenvalue weighted by atomic mass is 16.3. The maximum atomic E-state index is 14.2. The van der Waals surface area contributed by atoms with Crippen LogP contribution in [0.25, 0.3) is 121 Å². The van der Waals surface area contributed by atoms with Crippen molar-refractivity contribution in [3.05, 3.63) is 178 Å². The maximum absolute atomic E-state index is 14.2. The first kappa shape index (κ1) is 30.0. The van der Waals surface area contributed by atoms with Crippen molar-refractivity contribution in [3.63, 3.8) is 0 Å². The molecule has 0 radical (unpaired) electrons. The molecule has 12 rings (SSSR count). The van der Waals surface area contributed by atoms with Crippen LogP contribution in [0.1, 0.15) is 0 Å². The minimum absolute atomic E-state index is 0.0752. The first-order valence-corrected chi connectivity index (χ1v) is 18.2. The van der Waals surface area contributed by atoms with Crippen molar-refractivity contribution in [2.24, 2.45) is 0 Å². The molecule has 1 aliphatic rings. The molecule has 0 spiro atoms. The van der Waals surface area contributed by atoms with E-state index in [0.29, 0.717) is 43.9 Å². The van der Waals surface area contributed by atoms with Crippen molar-refractivity contribution in [1.29, 1.82) is 0 Å². The third-order valence-corrected chi connectivity index (χ3v) is 11.3. The van der Waals surface area contributed by atoms with E-state index < -0.39 is 0 Å². The lowest BCUT2D eigenvalue weighted by Gasteiger charge is -2.24. The Balaban J connectivity index is 1.23. The third-order valence-electron chi connectivity index (χ3n) is 11.3. The average molecular weight is 707 g/mol. The second kappa shape index (κ2) is 11.0. The lowest BCUT2D eigenvalue weighted by Crippen LogP contribution is -2.05. The Labute approximate surface area is 311 Å². The summed E-state index contributed by atoms with van der Waals surface area (Å²) in [5, 5.41) is 4.20. The summed E-state index contributed by atoms with van der Waals surface area (Å²) in [4.78, 5) is 28.2. The number of para-hydroxylation sites is 4. The van der Waals surface area contributed by atoms with E-state index in [2.05, 4.69) is 54.6 Å². The van der Waals surface area contributed by atoms with Crippen molar-refractivity contribution in [3.8, 4) is 55.6 Å². The standard InChI is InChI=1S/C50H26O5/c51-48-34-13-4-7-18-44(34)54-47-26-40-31-21-20-27(28-15-9-16-33-32-12-3-6-17-43(32)55-50(28)33)22-36(31)38-24-42-46(53-45-19-8-5-14-35(45)49(42)52)25-39(38)30-11-2-1-10-29(30)37(40)23-41(47)48/h1-26H. The van der Waals surface area contributed by atoms with Crippen LogP contribution in [0, 0.1) is 0 Å². The van der Waals surface area contributed by atoms with Gasteiger partial charge < -0.3 is 13.3 Å². The van der Waals surface area contributed by atoms with Gasteiger partial charge in [-0.15, -0.1) is 0 Å². The second-order valence-corrected chi connectivity index (χ2v) is 14.2. The largest absolute Gasteiger partial charge is 0.456 e. The molecule has 256 valence electrons. The summed E-state index contributed by atoms with van der Waals surface area (Å²) in [5.41, 5.74) is 12.9. The molecule has 0 N–H and O–H groups in total. The van der Waals surface area contributed by atoms with Gasteiger partial charge in [-0.3, -0.25) is 9.59 Å². The van der Waals surface area contributed by atoms with Gasteiger partial charge in [0, 0.05) is 16.3 Å². The summed E-state index contributed by atoms with van der Waals surface area (Å²) < 4.78 is 19.4. The van der Waals surface area contributed by atoms with Crippen molar-refractivity contribution < 1.29 is 13.3 Å². The molecule has 8 aromatic carbocycles. The number of fused-ring (bicyclic) bond motifs is 15. The van der Waals surface area contributed by atoms with E-state index in [1.54, 1.807) is 0 Å². The van der Waals surface area contributed by atoms with Gasteiger partial charge in [0.1, 0.15) is 33.5 Å². The normalized spacial score (nSPS) is 12.1. The summed E-state index contributed by atoms with van der Waals surface area (Å²) >= 11 is 0. The van der Waals surface area contributed by atoms with Crippen molar-refractivity contribution in [2.75, 3.05) is 0 Å². The predicted octanol–water partition coefficient (Wildman–Crippen LogP) is 12.8. The van der Waals surface area contributed by atoms with E-state index in [1.807, 2.05) is 103 Å². The molecular formula is C50H26O5. The molecule has 11 aromatic rings. The van der Waals surface area contributed by atoms with Crippen molar-refractivity contribution >= 4 is 65.8 Å². The molecular weight excluding hydrogens is 681 g/mol. The van der Waals surface area contributed by atoms with Gasteiger partial charge in [0.05, 0.1) is 21.5 Å². The van der Waals surface area contributed by atoms with Gasteiger partial charge in [0.25, 0.3) is 0 Å². The molecule has 3 aromatic heterocycles. The van der Waals surface area contributed by atoms with Gasteiger partial charge in [-0.1, -0.05) is 97.1 Å². The molecule has 1 aliphatic carbocycles. The smallest absolute Gasteiger partial charge is 0.200 e. The number of benzene rings is 8. The van der Waals surface area contributed by atoms with E-state index >= 15 is 0 Å². The van der Waals surface area contributed by atoms with Gasteiger partial charge >= 0.3 is 0 Å². The van der Waals surface area contributed by atoms with Gasteiger partial charge in [0.15, 0.2) is 0 Å². The summed E-state index contributed by atoms with van der Waals surface area (Å²) in [6.07, 6.45) is 0. The fraction of sp³-hybridized carbons (Fsp3) is 0. The average Bonchev–Trinajstić information content (AvgIpc) is 3.62. The quantitative estimate of drug-likeness (QED) is 0.159. The minimum Gasteiger partial charge on any atom is -0.456 e. The molecule has 0 amide bonds. The Hall–Kier alpha value is -7.50. The Bertz CT molecular complexity index is 3570. The first-order chi connectivity index (χ1) is 27.1. The SMILES string of the molecule is O=c1c2ccccc2oc2cc3c(cc12)-c1ccccc1-c1cc2oc4ccccc4c(=O)c2cc1-c1cc(-c2cccc4c2oc2ccccc24)ccc1-3. The lowest BCUT2D eigenvalue weighted by molar-refractivity contribution is 0.660. The highest BCUT2D eigenvalue weighted by Gasteiger charge is 2.26. The van der Waals surface area contributed by atoms with Crippen LogP contribution in [0.5, 0.6) is 0 Å². The summed E-state index contributed by atoms with van der Waals surface area (Å²) in [6, 6.07) is 51.8. The first-order valence-electron chi connectivity index (χ1n) is 18.2. The Morgan fingerprint density at radius 2 is 0.709 bits per heavy atom. The molecule has 0 saturated heterocycles. The molecule has 3 heterocycles. The molecule has 5 heteroatoms. The van der Waals surface area contributed by atoms with Crippen LogP contribution in [0.3, 0.4) is 0 Å². The van der Waals surface area contributed by atoms with Crippen LogP contribution in [0.2, 0.25) is 0 Å². The van der Waals surface area contributed by atoms with Gasteiger partial charge in [-0.05, 0) is 111 Å². The topological polar surface area (TPSA) is 73.6 Å². The van der Waals surface area contributed by atoms with Gasteiger partial charge in [-0.25, -0.2) is 0 Å². The molecule has 0 aliphatic heterocycles. The molecule has 5 nitrogen and oxygen atoms in total. The Morgan fingerprint density at radius 3 is 1.33 bits per heavy atom. The van der Waals surface area contributed by atoms with Crippen molar-refractivity contribution in [2.45, 2.75) is 0 Å². The Kier molecular flexibility index (Phi) is 6.01. The zero-order valence-electron chi connectivity index (χ0n) is 29.1. The molecule has 55 heavy (non-hydrogen) atoms. The number of rotatable bonds is 1. The van der Waals surface area contributed by atoms with Gasteiger partial charge in [0.2, 0.25) is 10.9 Å². The second-order valence-electron chi connectivity index (χ2n) is 14.2. The third kappa shape index (κ3) is 4.23. The summed E-state index contributed by atoms with van der Waals surface area (Å²) in [6.45, 7) is 0. The molecule has 0 bridgehead atoms. The zero-order valence-corrected chi connectivity index (χ0v) is 29.1. The molecule has 0 saturated carbocycles. The Morgan fingerprint density at radius 1 is 0.273 bits per heavy atom. The van der Waals surface area contributed by atoms with Crippen LogP contribution in [0.4, 0.5) is 0 Å². The van der Waals surface area contributed by atoms with Crippen LogP contribution in [-0.4, -0.2) is 0 Å². The maximum Gasteiger partial charge on any atom is 0.200 e. The van der Waals surface area contributed by atoms with Gasteiger partial charge in [-0.2, -0.15) is 0 Å². The summed E-state index contributed by atoms with van der Waals surface area (Å²) in [7, 11) is 0. The van der Waals surface area contributed by atoms with Crippen LogP contribution >= 0.6 is 0 Å². The minimum atomic E-state index is -0.0835. The van der Waals surface area contributed by atoms with E-state index in [4.69, 9.17) is 13.3 Å². The van der Waals surface area contributed by atoms with E-state index in [1.165, 1.54) is 0 Å². The number of furan rings is 1. The van der Waals surface area contributed by atoms with Crippen LogP contribution in [0.15, 0.2) is 181 Å². The number of hydrogen-bond acceptors (Lipinski definition) is 5.